The molecular formula is C69H88N10O13. The number of carbonyl (C=O) groups is 9. The van der Waals surface area contributed by atoms with Crippen molar-refractivity contribution in [1.29, 1.82) is 0 Å². The monoisotopic (exact) mass is 1260 g/mol. The molecule has 0 saturated heterocycles. The van der Waals surface area contributed by atoms with Gasteiger partial charge in [-0.15, -0.1) is 0 Å². The Balaban J connectivity index is 1.17. The van der Waals surface area contributed by atoms with Crippen LogP contribution in [0.25, 0.3) is 10.9 Å². The average Bonchev–Trinajstić information content (AvgIpc) is 3.85. The van der Waals surface area contributed by atoms with E-state index in [1.54, 1.807) is 48.7 Å². The molecule has 0 aliphatic carbocycles. The summed E-state index contributed by atoms with van der Waals surface area (Å²) in [6.45, 7) is 1.46. The Labute approximate surface area is 536 Å². The Hall–Kier alpha value is -9.29. The van der Waals surface area contributed by atoms with E-state index in [9.17, 15) is 43.2 Å². The number of unbranched alkanes of at least 4 members (excludes halogenated alkanes) is 4. The third kappa shape index (κ3) is 20.4. The van der Waals surface area contributed by atoms with Crippen LogP contribution in [0.1, 0.15) is 151 Å². The highest BCUT2D eigenvalue weighted by molar-refractivity contribution is 6.08. The maximum atomic E-state index is 14.4. The van der Waals surface area contributed by atoms with Gasteiger partial charge >= 0.3 is 0 Å². The van der Waals surface area contributed by atoms with Crippen molar-refractivity contribution in [3.63, 3.8) is 0 Å². The molecule has 0 spiro atoms. The Bertz CT molecular complexity index is 3550. The molecule has 492 valence electrons. The van der Waals surface area contributed by atoms with E-state index in [1.165, 1.54) is 58.8 Å². The van der Waals surface area contributed by atoms with Crippen molar-refractivity contribution < 1.29 is 62.1 Å². The summed E-state index contributed by atoms with van der Waals surface area (Å²) in [4.78, 5) is 129. The molecule has 0 saturated carbocycles. The second-order valence-corrected chi connectivity index (χ2v) is 22.6. The highest BCUT2D eigenvalue weighted by atomic mass is 16.5. The number of ketones is 4. The van der Waals surface area contributed by atoms with E-state index in [2.05, 4.69) is 26.3 Å². The number of hydrogen-bond acceptors (Lipinski definition) is 17. The molecule has 23 heteroatoms. The lowest BCUT2D eigenvalue weighted by atomic mass is 9.95. The van der Waals surface area contributed by atoms with Crippen LogP contribution in [0, 0.1) is 0 Å². The molecule has 1 aromatic heterocycles. The van der Waals surface area contributed by atoms with E-state index in [1.807, 2.05) is 24.3 Å². The van der Waals surface area contributed by atoms with Crippen molar-refractivity contribution in [3.8, 4) is 23.0 Å². The minimum Gasteiger partial charge on any atom is -0.496 e. The zero-order chi connectivity index (χ0) is 66.7. The SMILES string of the molecule is COc1ccc(CC(=O)[C@H](CCCCN)NC(=O)c2cc(CC(=O)[C@H](CCCCN)NC(=O)c3cc(CC(=O)[C@H](CCCCN)NC(=O)c4cc(CC(=O)[C@H](CCCCN)NC(=O)c5c[nH]c6ccccc56)ccc4OC)ccc3OC)ccc2OC)cc1C(N)=O. The topological polar surface area (TPSA) is 385 Å². The van der Waals surface area contributed by atoms with Crippen LogP contribution >= 0.6 is 0 Å². The molecule has 4 atom stereocenters. The Morgan fingerprint density at radius 3 is 0.957 bits per heavy atom. The number of methoxy groups -OCH3 is 4. The summed E-state index contributed by atoms with van der Waals surface area (Å²) in [5.41, 5.74) is 32.1. The molecule has 6 rings (SSSR count). The van der Waals surface area contributed by atoms with Crippen LogP contribution in [0.5, 0.6) is 23.0 Å². The summed E-state index contributed by atoms with van der Waals surface area (Å²) in [6.07, 6.45) is 6.34. The van der Waals surface area contributed by atoms with Crippen molar-refractivity contribution in [3.05, 3.63) is 153 Å². The van der Waals surface area contributed by atoms with Gasteiger partial charge in [0.2, 0.25) is 0 Å². The van der Waals surface area contributed by atoms with Gasteiger partial charge in [0.25, 0.3) is 29.5 Å². The summed E-state index contributed by atoms with van der Waals surface area (Å²) in [5.74, 6) is -3.68. The maximum Gasteiger partial charge on any atom is 0.255 e. The smallest absolute Gasteiger partial charge is 0.255 e. The standard InChI is InChI=1S/C69H88N10O13/c1-89-61-25-21-42(33-47(61)65(74)84)37-57(80)53(17-7-11-29-70)76-66(85)48-34-43(22-26-62(48)90-2)38-58(81)54(18-8-12-30-71)77-67(86)49-35-44(23-27-63(49)91-3)39-59(82)55(19-9-13-31-72)78-68(87)50-36-45(24-28-64(50)92-4)40-60(83)56(20-10-14-32-73)79-69(88)51-41-75-52-16-6-5-15-46(51)52/h5-6,15-16,21-28,33-36,41,53-56,75H,7-14,17-20,29-32,37-40,70-73H2,1-4H3,(H2,74,84)(H,76,85)(H,77,86)(H,78,87)(H,79,88)/t53-,54-,55-,56-/m0/s1. The van der Waals surface area contributed by atoms with Crippen LogP contribution in [0.15, 0.2) is 103 Å². The normalized spacial score (nSPS) is 12.4. The van der Waals surface area contributed by atoms with Crippen molar-refractivity contribution in [1.82, 2.24) is 26.3 Å². The number of nitrogens with one attached hydrogen (secondary N) is 5. The van der Waals surface area contributed by atoms with E-state index in [4.69, 9.17) is 47.6 Å². The maximum absolute atomic E-state index is 14.4. The number of amides is 5. The van der Waals surface area contributed by atoms with Gasteiger partial charge in [0, 0.05) is 42.8 Å². The Morgan fingerprint density at radius 1 is 0.380 bits per heavy atom. The lowest BCUT2D eigenvalue weighted by Crippen LogP contribution is -2.42. The number of benzene rings is 5. The predicted octanol–water partition coefficient (Wildman–Crippen LogP) is 5.46. The van der Waals surface area contributed by atoms with Crippen molar-refractivity contribution in [2.75, 3.05) is 54.6 Å². The van der Waals surface area contributed by atoms with Crippen LogP contribution in [0.2, 0.25) is 0 Å². The third-order valence-corrected chi connectivity index (χ3v) is 16.0. The summed E-state index contributed by atoms with van der Waals surface area (Å²) in [5, 5.41) is 12.3. The number of ether oxygens (including phenoxy) is 4. The number of primary amides is 1. The molecule has 0 aliphatic heterocycles. The number of hydrogen-bond donors (Lipinski definition) is 10. The molecule has 0 unspecified atom stereocenters. The van der Waals surface area contributed by atoms with Gasteiger partial charge in [-0.05, 0) is 180 Å². The molecule has 0 bridgehead atoms. The first-order chi connectivity index (χ1) is 44.4. The Morgan fingerprint density at radius 2 is 0.663 bits per heavy atom. The second kappa shape index (κ2) is 36.5. The third-order valence-electron chi connectivity index (χ3n) is 16.0. The first kappa shape index (κ1) is 71.8. The number of aromatic amines is 1. The number of aromatic nitrogens is 1. The molecule has 5 aromatic carbocycles. The van der Waals surface area contributed by atoms with Gasteiger partial charge in [0.15, 0.2) is 23.1 Å². The van der Waals surface area contributed by atoms with Gasteiger partial charge in [0.05, 0.1) is 80.4 Å². The molecule has 92 heavy (non-hydrogen) atoms. The van der Waals surface area contributed by atoms with E-state index >= 15 is 0 Å². The molecule has 0 radical (unpaired) electrons. The first-order valence-corrected chi connectivity index (χ1v) is 31.1. The lowest BCUT2D eigenvalue weighted by molar-refractivity contribution is -0.121. The summed E-state index contributed by atoms with van der Waals surface area (Å²) in [7, 11) is 5.56. The van der Waals surface area contributed by atoms with Gasteiger partial charge in [-0.2, -0.15) is 0 Å². The highest BCUT2D eigenvalue weighted by Gasteiger charge is 2.30. The van der Waals surface area contributed by atoms with Gasteiger partial charge in [-0.25, -0.2) is 0 Å². The molecule has 5 amide bonds. The lowest BCUT2D eigenvalue weighted by Gasteiger charge is -2.21. The number of carbonyl (C=O) groups excluding carboxylic acids is 9. The Kier molecular flexibility index (Phi) is 28.5. The molecule has 1 heterocycles. The number of Topliss-reactive ketones (excluding diaryl/α,β-unsaturated/α-hetero) is 4. The largest absolute Gasteiger partial charge is 0.496 e. The van der Waals surface area contributed by atoms with Gasteiger partial charge < -0.3 is 73.9 Å². The number of fused-ring (bicyclic) bond motifs is 1. The fourth-order valence-electron chi connectivity index (χ4n) is 10.9. The summed E-state index contributed by atoms with van der Waals surface area (Å²) >= 11 is 0. The molecule has 15 N–H and O–H groups in total. The predicted molar refractivity (Wildman–Crippen MR) is 350 cm³/mol. The van der Waals surface area contributed by atoms with E-state index in [0.717, 1.165) is 5.52 Å². The van der Waals surface area contributed by atoms with E-state index < -0.39 is 53.7 Å². The molecule has 0 fully saturated rings. The average molecular weight is 1270 g/mol. The minimum atomic E-state index is -1.05. The second-order valence-electron chi connectivity index (χ2n) is 22.6. The highest BCUT2D eigenvalue weighted by Crippen LogP contribution is 2.27. The molecule has 0 aliphatic rings. The summed E-state index contributed by atoms with van der Waals surface area (Å²) in [6, 6.07) is 22.2. The van der Waals surface area contributed by atoms with Crippen LogP contribution in [-0.4, -0.2) is 136 Å². The van der Waals surface area contributed by atoms with Crippen LogP contribution in [0.4, 0.5) is 0 Å². The molecule has 23 nitrogen and oxygen atoms in total. The van der Waals surface area contributed by atoms with Crippen LogP contribution < -0.4 is 68.9 Å². The van der Waals surface area contributed by atoms with Crippen molar-refractivity contribution >= 4 is 63.6 Å². The van der Waals surface area contributed by atoms with Gasteiger partial charge in [-0.3, -0.25) is 43.2 Å². The quantitative estimate of drug-likeness (QED) is 0.0213. The fourth-order valence-corrected chi connectivity index (χ4v) is 10.9. The first-order valence-electron chi connectivity index (χ1n) is 31.1. The van der Waals surface area contributed by atoms with Crippen molar-refractivity contribution in [2.24, 2.45) is 28.7 Å². The van der Waals surface area contributed by atoms with Gasteiger partial charge in [-0.1, -0.05) is 42.5 Å². The number of rotatable bonds is 41. The number of H-pyrrole nitrogens is 1. The molecular weight excluding hydrogens is 1180 g/mol. The van der Waals surface area contributed by atoms with Gasteiger partial charge in [0.1, 0.15) is 23.0 Å². The summed E-state index contributed by atoms with van der Waals surface area (Å²) < 4.78 is 22.0. The fraction of sp³-hybridized carbons (Fsp3) is 0.406. The number of para-hydroxylation sites is 1. The van der Waals surface area contributed by atoms with Crippen molar-refractivity contribution in [2.45, 2.75) is 127 Å². The zero-order valence-corrected chi connectivity index (χ0v) is 53.0. The zero-order valence-electron chi connectivity index (χ0n) is 53.0. The minimum absolute atomic E-state index is 0.0349. The molecule has 6 aromatic rings. The number of nitrogens with two attached hydrogens (primary N) is 5. The van der Waals surface area contributed by atoms with E-state index in [-0.39, 0.29) is 113 Å². The van der Waals surface area contributed by atoms with E-state index in [0.29, 0.717) is 117 Å². The van der Waals surface area contributed by atoms with Crippen LogP contribution in [-0.2, 0) is 44.9 Å². The van der Waals surface area contributed by atoms with Crippen LogP contribution in [0.3, 0.4) is 0 Å².